The zero-order chi connectivity index (χ0) is 26.1. The molecule has 0 amide bonds. The van der Waals surface area contributed by atoms with E-state index in [1.165, 1.54) is 15.9 Å². The van der Waals surface area contributed by atoms with Gasteiger partial charge in [-0.25, -0.2) is 0 Å². The van der Waals surface area contributed by atoms with E-state index in [9.17, 15) is 17.2 Å². The van der Waals surface area contributed by atoms with Gasteiger partial charge in [0, 0.05) is 6.42 Å². The molecule has 0 aromatic heterocycles. The molecular formula is C30H33F2O3PS. The standard InChI is InChI=1S/C18H15P.C12H18F2O3S/c1-4-10-16(11-5-1)19(17-12-6-2-7-13-17)18-14-8-3-9-15-18;13-12(14,18(15,16)17)7-11-4-8-1-9(5-11)3-10(2-8)6-11/h1-15H;8-10H,1-7H2,(H,15,16,17). The lowest BCUT2D eigenvalue weighted by Gasteiger charge is -2.57. The number of alkyl halides is 2. The Kier molecular flexibility index (Phi) is 7.55. The molecule has 0 aliphatic heterocycles. The molecule has 0 radical (unpaired) electrons. The Morgan fingerprint density at radius 1 is 0.703 bits per heavy atom. The summed E-state index contributed by atoms with van der Waals surface area (Å²) in [5.74, 6) is 1.48. The molecule has 4 bridgehead atoms. The second-order valence-corrected chi connectivity index (χ2v) is 14.8. The summed E-state index contributed by atoms with van der Waals surface area (Å²) in [7, 11) is -5.73. The molecule has 4 aliphatic rings. The Hall–Kier alpha value is -2.14. The lowest BCUT2D eigenvalue weighted by molar-refractivity contribution is -0.0933. The van der Waals surface area contributed by atoms with E-state index >= 15 is 0 Å². The third-order valence-corrected chi connectivity index (χ3v) is 11.5. The summed E-state index contributed by atoms with van der Waals surface area (Å²) in [6, 6.07) is 32.3. The summed E-state index contributed by atoms with van der Waals surface area (Å²) < 4.78 is 57.4. The maximum absolute atomic E-state index is 13.6. The average Bonchev–Trinajstić information content (AvgIpc) is 2.84. The van der Waals surface area contributed by atoms with Crippen LogP contribution < -0.4 is 15.9 Å². The van der Waals surface area contributed by atoms with Crippen LogP contribution in [0.2, 0.25) is 0 Å². The summed E-state index contributed by atoms with van der Waals surface area (Å²) in [6.45, 7) is 0. The van der Waals surface area contributed by atoms with E-state index in [-0.39, 0.29) is 0 Å². The molecule has 4 saturated carbocycles. The first-order valence-corrected chi connectivity index (χ1v) is 15.7. The van der Waals surface area contributed by atoms with Gasteiger partial charge in [-0.3, -0.25) is 4.55 Å². The second kappa shape index (κ2) is 10.6. The van der Waals surface area contributed by atoms with Gasteiger partial charge < -0.3 is 0 Å². The van der Waals surface area contributed by atoms with Crippen molar-refractivity contribution in [2.45, 2.75) is 50.2 Å². The highest BCUT2D eigenvalue weighted by Gasteiger charge is 2.57. The smallest absolute Gasteiger partial charge is 0.281 e. The van der Waals surface area contributed by atoms with Gasteiger partial charge in [0.05, 0.1) is 0 Å². The van der Waals surface area contributed by atoms with E-state index in [0.717, 1.165) is 19.3 Å². The van der Waals surface area contributed by atoms with Crippen LogP contribution >= 0.6 is 7.92 Å². The van der Waals surface area contributed by atoms with Gasteiger partial charge in [-0.1, -0.05) is 91.0 Å². The zero-order valence-corrected chi connectivity index (χ0v) is 22.4. The third-order valence-electron chi connectivity index (χ3n) is 8.17. The van der Waals surface area contributed by atoms with Gasteiger partial charge in [0.15, 0.2) is 0 Å². The van der Waals surface area contributed by atoms with Crippen molar-refractivity contribution in [3.63, 3.8) is 0 Å². The highest BCUT2D eigenvalue weighted by atomic mass is 32.2. The monoisotopic (exact) mass is 542 g/mol. The van der Waals surface area contributed by atoms with Gasteiger partial charge in [0.25, 0.3) is 0 Å². The fourth-order valence-corrected chi connectivity index (χ4v) is 10.0. The van der Waals surface area contributed by atoms with Crippen LogP contribution in [-0.4, -0.2) is 18.2 Å². The van der Waals surface area contributed by atoms with Crippen molar-refractivity contribution in [2.24, 2.45) is 23.2 Å². The number of halogens is 2. The van der Waals surface area contributed by atoms with Crippen LogP contribution in [0.4, 0.5) is 8.78 Å². The molecule has 0 atom stereocenters. The van der Waals surface area contributed by atoms with Crippen LogP contribution in [0.1, 0.15) is 44.9 Å². The molecule has 7 rings (SSSR count). The average molecular weight is 543 g/mol. The molecule has 1 N–H and O–H groups in total. The Morgan fingerprint density at radius 2 is 1.03 bits per heavy atom. The van der Waals surface area contributed by atoms with Crippen LogP contribution in [-0.2, 0) is 10.1 Å². The molecule has 3 aromatic rings. The minimum Gasteiger partial charge on any atom is -0.281 e. The van der Waals surface area contributed by atoms with Crippen LogP contribution in [0.15, 0.2) is 91.0 Å². The summed E-state index contributed by atoms with van der Waals surface area (Å²) >= 11 is 0. The molecule has 196 valence electrons. The van der Waals surface area contributed by atoms with E-state index in [1.807, 2.05) is 0 Å². The number of rotatable bonds is 6. The van der Waals surface area contributed by atoms with Crippen molar-refractivity contribution in [3.8, 4) is 0 Å². The molecule has 7 heteroatoms. The molecular weight excluding hydrogens is 509 g/mol. The van der Waals surface area contributed by atoms with E-state index in [2.05, 4.69) is 91.0 Å². The normalized spacial score (nSPS) is 26.5. The van der Waals surface area contributed by atoms with Crippen LogP contribution in [0.25, 0.3) is 0 Å². The lowest BCUT2D eigenvalue weighted by Crippen LogP contribution is -2.49. The minimum atomic E-state index is -5.28. The minimum absolute atomic E-state index is 0.446. The predicted octanol–water partition coefficient (Wildman–Crippen LogP) is 6.52. The van der Waals surface area contributed by atoms with Gasteiger partial charge in [0.1, 0.15) is 0 Å². The van der Waals surface area contributed by atoms with Gasteiger partial charge in [-0.05, 0) is 85.5 Å². The first-order chi connectivity index (χ1) is 17.6. The van der Waals surface area contributed by atoms with Crippen molar-refractivity contribution < 1.29 is 21.8 Å². The van der Waals surface area contributed by atoms with Crippen LogP contribution in [0.5, 0.6) is 0 Å². The molecule has 4 aliphatic carbocycles. The molecule has 3 nitrogen and oxygen atoms in total. The fourth-order valence-electron chi connectivity index (χ4n) is 7.21. The topological polar surface area (TPSA) is 54.4 Å². The Bertz CT molecular complexity index is 1150. The Morgan fingerprint density at radius 3 is 1.32 bits per heavy atom. The maximum Gasteiger partial charge on any atom is 0.370 e. The molecule has 0 saturated heterocycles. The molecule has 0 unspecified atom stereocenters. The number of hydrogen-bond donors (Lipinski definition) is 1. The highest BCUT2D eigenvalue weighted by molar-refractivity contribution is 7.86. The van der Waals surface area contributed by atoms with Crippen LogP contribution in [0, 0.1) is 23.2 Å². The summed E-state index contributed by atoms with van der Waals surface area (Å²) in [6.07, 6.45) is 4.81. The van der Waals surface area contributed by atoms with Crippen molar-refractivity contribution in [2.75, 3.05) is 0 Å². The molecule has 3 aromatic carbocycles. The van der Waals surface area contributed by atoms with Crippen molar-refractivity contribution in [1.29, 1.82) is 0 Å². The van der Waals surface area contributed by atoms with Crippen LogP contribution in [0.3, 0.4) is 0 Å². The summed E-state index contributed by atoms with van der Waals surface area (Å²) in [5.41, 5.74) is -0.548. The molecule has 0 heterocycles. The lowest BCUT2D eigenvalue weighted by atomic mass is 9.49. The quantitative estimate of drug-likeness (QED) is 0.285. The van der Waals surface area contributed by atoms with Gasteiger partial charge in [-0.2, -0.15) is 17.2 Å². The molecule has 4 fully saturated rings. The Labute approximate surface area is 219 Å². The Balaban J connectivity index is 0.000000152. The first-order valence-electron chi connectivity index (χ1n) is 12.9. The molecule has 37 heavy (non-hydrogen) atoms. The second-order valence-electron chi connectivity index (χ2n) is 11.0. The summed E-state index contributed by atoms with van der Waals surface area (Å²) in [5, 5.41) is 0.207. The van der Waals surface area contributed by atoms with Crippen molar-refractivity contribution in [3.05, 3.63) is 91.0 Å². The van der Waals surface area contributed by atoms with E-state index < -0.39 is 35.1 Å². The van der Waals surface area contributed by atoms with Crippen molar-refractivity contribution >= 4 is 34.0 Å². The van der Waals surface area contributed by atoms with E-state index in [4.69, 9.17) is 4.55 Å². The third kappa shape index (κ3) is 5.97. The van der Waals surface area contributed by atoms with E-state index in [1.54, 1.807) is 0 Å². The summed E-state index contributed by atoms with van der Waals surface area (Å²) in [4.78, 5) is 0. The van der Waals surface area contributed by atoms with Gasteiger partial charge in [-0.15, -0.1) is 0 Å². The highest BCUT2D eigenvalue weighted by Crippen LogP contribution is 2.63. The first kappa shape index (κ1) is 26.5. The van der Waals surface area contributed by atoms with Crippen molar-refractivity contribution in [1.82, 2.24) is 0 Å². The molecule has 0 spiro atoms. The van der Waals surface area contributed by atoms with E-state index in [0.29, 0.717) is 37.0 Å². The largest absolute Gasteiger partial charge is 0.370 e. The SMILES string of the molecule is O=S(=O)(O)C(F)(F)CC12CC3CC(CC(C3)C1)C2.c1ccc(P(c2ccccc2)c2ccccc2)cc1. The number of benzene rings is 3. The van der Waals surface area contributed by atoms with Gasteiger partial charge >= 0.3 is 15.4 Å². The predicted molar refractivity (Wildman–Crippen MR) is 147 cm³/mol. The number of hydrogen-bond acceptors (Lipinski definition) is 2. The maximum atomic E-state index is 13.6. The van der Waals surface area contributed by atoms with Gasteiger partial charge in [0.2, 0.25) is 0 Å². The zero-order valence-electron chi connectivity index (χ0n) is 20.7. The fraction of sp³-hybridized carbons (Fsp3) is 0.400.